The van der Waals surface area contributed by atoms with Crippen LogP contribution in [0, 0.1) is 6.92 Å². The van der Waals surface area contributed by atoms with Gasteiger partial charge >= 0.3 is 11.9 Å². The number of hydrogen-bond acceptors (Lipinski definition) is 8. The van der Waals surface area contributed by atoms with Crippen molar-refractivity contribution in [3.05, 3.63) is 81.5 Å². The van der Waals surface area contributed by atoms with E-state index >= 15 is 0 Å². The molecule has 0 saturated carbocycles. The van der Waals surface area contributed by atoms with Gasteiger partial charge in [0.2, 0.25) is 0 Å². The summed E-state index contributed by atoms with van der Waals surface area (Å²) >= 11 is 0.996. The van der Waals surface area contributed by atoms with Gasteiger partial charge in [0, 0.05) is 5.56 Å². The van der Waals surface area contributed by atoms with Crippen molar-refractivity contribution in [2.75, 3.05) is 20.3 Å². The van der Waals surface area contributed by atoms with Crippen LogP contribution in [0.2, 0.25) is 0 Å². The fourth-order valence-electron chi connectivity index (χ4n) is 2.86. The van der Waals surface area contributed by atoms with E-state index in [-0.39, 0.29) is 29.6 Å². The van der Waals surface area contributed by atoms with Crippen LogP contribution in [0.3, 0.4) is 0 Å². The number of hydrogen-bond donors (Lipinski definition) is 1. The van der Waals surface area contributed by atoms with Crippen LogP contribution in [-0.4, -0.2) is 48.3 Å². The van der Waals surface area contributed by atoms with E-state index in [9.17, 15) is 19.5 Å². The summed E-state index contributed by atoms with van der Waals surface area (Å²) < 4.78 is 14.9. The zero-order valence-corrected chi connectivity index (χ0v) is 19.7. The number of amides is 1. The quantitative estimate of drug-likeness (QED) is 0.585. The predicted octanol–water partition coefficient (Wildman–Crippen LogP) is 4.25. The molecule has 1 heterocycles. The number of methoxy groups -OCH3 is 1. The van der Waals surface area contributed by atoms with Gasteiger partial charge < -0.3 is 19.3 Å². The summed E-state index contributed by atoms with van der Waals surface area (Å²) in [6, 6.07) is 13.6. The van der Waals surface area contributed by atoms with Crippen molar-refractivity contribution in [2.45, 2.75) is 13.8 Å². The van der Waals surface area contributed by atoms with Crippen molar-refractivity contribution in [3.63, 3.8) is 0 Å². The maximum atomic E-state index is 12.7. The molecule has 0 bridgehead atoms. The highest BCUT2D eigenvalue weighted by atomic mass is 32.2. The maximum absolute atomic E-state index is 12.7. The highest BCUT2D eigenvalue weighted by Crippen LogP contribution is 2.39. The molecule has 1 amide bonds. The molecule has 0 radical (unpaired) electrons. The molecule has 176 valence electrons. The number of benzene rings is 2. The van der Waals surface area contributed by atoms with Gasteiger partial charge in [0.25, 0.3) is 5.91 Å². The Morgan fingerprint density at radius 1 is 1.06 bits per heavy atom. The van der Waals surface area contributed by atoms with Crippen LogP contribution in [-0.2, 0) is 19.1 Å². The van der Waals surface area contributed by atoms with Crippen molar-refractivity contribution in [2.24, 2.45) is 4.99 Å². The van der Waals surface area contributed by atoms with E-state index in [1.54, 1.807) is 61.5 Å². The van der Waals surface area contributed by atoms with Crippen molar-refractivity contribution in [3.8, 4) is 5.75 Å². The fourth-order valence-corrected chi connectivity index (χ4v) is 3.87. The number of rotatable bonds is 7. The molecule has 0 fully saturated rings. The summed E-state index contributed by atoms with van der Waals surface area (Å²) in [6.45, 7) is 3.44. The lowest BCUT2D eigenvalue weighted by molar-refractivity contribution is -0.143. The summed E-state index contributed by atoms with van der Waals surface area (Å²) in [4.78, 5) is 40.8. The Balaban J connectivity index is 1.87. The summed E-state index contributed by atoms with van der Waals surface area (Å²) in [6.07, 6.45) is 1.64. The van der Waals surface area contributed by atoms with Gasteiger partial charge in [-0.25, -0.2) is 14.6 Å². The molecule has 1 aliphatic heterocycles. The average Bonchev–Trinajstić information content (AvgIpc) is 3.13. The first-order valence-electron chi connectivity index (χ1n) is 10.3. The summed E-state index contributed by atoms with van der Waals surface area (Å²) in [5, 5.41) is 10.8. The standard InChI is InChI=1S/C25H23NO7S/c1-4-32-25(30)21-22(28)19(13-16-7-11-18(12-8-16)33-14-20(27)31-3)34-24(21)26-23(29)17-9-5-15(2)6-10-17/h5-13,28H,4,14H2,1-3H3/b19-13-,26-24?. The molecule has 0 aliphatic carbocycles. The van der Waals surface area contributed by atoms with Crippen LogP contribution < -0.4 is 4.74 Å². The molecule has 8 nitrogen and oxygen atoms in total. The second kappa shape index (κ2) is 11.3. The number of thioether (sulfide) groups is 1. The Bertz CT molecular complexity index is 1180. The van der Waals surface area contributed by atoms with E-state index in [1.165, 1.54) is 7.11 Å². The number of aliphatic hydroxyl groups is 1. The number of esters is 2. The molecule has 0 aromatic heterocycles. The molecule has 34 heavy (non-hydrogen) atoms. The number of ether oxygens (including phenoxy) is 3. The normalized spacial score (nSPS) is 15.5. The molecule has 9 heteroatoms. The lowest BCUT2D eigenvalue weighted by atomic mass is 10.1. The summed E-state index contributed by atoms with van der Waals surface area (Å²) in [7, 11) is 1.27. The van der Waals surface area contributed by atoms with Crippen molar-refractivity contribution in [1.82, 2.24) is 0 Å². The van der Waals surface area contributed by atoms with E-state index in [0.717, 1.165) is 17.3 Å². The smallest absolute Gasteiger partial charge is 0.344 e. The first-order valence-corrected chi connectivity index (χ1v) is 11.1. The Morgan fingerprint density at radius 3 is 2.35 bits per heavy atom. The second-order valence-corrected chi connectivity index (χ2v) is 8.11. The fraction of sp³-hybridized carbons (Fsp3) is 0.200. The molecule has 0 spiro atoms. The van der Waals surface area contributed by atoms with Crippen LogP contribution in [0.5, 0.6) is 5.75 Å². The third kappa shape index (κ3) is 6.14. The SMILES string of the molecule is CCOC(=O)C1=C(O)/C(=C/c2ccc(OCC(=O)OC)cc2)SC1=NC(=O)c1ccc(C)cc1. The van der Waals surface area contributed by atoms with Gasteiger partial charge in [-0.2, -0.15) is 0 Å². The zero-order valence-electron chi connectivity index (χ0n) is 18.9. The minimum Gasteiger partial charge on any atom is -0.506 e. The van der Waals surface area contributed by atoms with Gasteiger partial charge in [-0.3, -0.25) is 4.79 Å². The van der Waals surface area contributed by atoms with E-state index in [1.807, 2.05) is 6.92 Å². The molecule has 2 aromatic carbocycles. The minimum atomic E-state index is -0.766. The molecule has 1 aliphatic rings. The first kappa shape index (κ1) is 24.8. The molecular weight excluding hydrogens is 458 g/mol. The second-order valence-electron chi connectivity index (χ2n) is 7.08. The number of aryl methyl sites for hydroxylation is 1. The summed E-state index contributed by atoms with van der Waals surface area (Å²) in [5.74, 6) is -1.65. The number of carbonyl (C=O) groups is 3. The average molecular weight is 482 g/mol. The van der Waals surface area contributed by atoms with E-state index in [2.05, 4.69) is 9.73 Å². The maximum Gasteiger partial charge on any atom is 0.344 e. The van der Waals surface area contributed by atoms with E-state index in [0.29, 0.717) is 21.8 Å². The van der Waals surface area contributed by atoms with Crippen molar-refractivity contribution < 1.29 is 33.7 Å². The van der Waals surface area contributed by atoms with Crippen LogP contribution >= 0.6 is 11.8 Å². The van der Waals surface area contributed by atoms with Gasteiger partial charge in [-0.1, -0.05) is 41.6 Å². The number of aliphatic hydroxyl groups excluding tert-OH is 1. The number of carbonyl (C=O) groups excluding carboxylic acids is 3. The first-order chi connectivity index (χ1) is 16.3. The van der Waals surface area contributed by atoms with Crippen LogP contribution in [0.4, 0.5) is 0 Å². The van der Waals surface area contributed by atoms with Gasteiger partial charge in [-0.05, 0) is 49.8 Å². The van der Waals surface area contributed by atoms with E-state index < -0.39 is 17.8 Å². The van der Waals surface area contributed by atoms with Crippen LogP contribution in [0.15, 0.2) is 69.8 Å². The topological polar surface area (TPSA) is 111 Å². The Labute approximate surface area is 200 Å². The monoisotopic (exact) mass is 481 g/mol. The summed E-state index contributed by atoms with van der Waals surface area (Å²) in [5.41, 5.74) is 1.89. The molecular formula is C25H23NO7S. The molecule has 1 N–H and O–H groups in total. The number of nitrogens with zero attached hydrogens (tertiary/aromatic N) is 1. The lowest BCUT2D eigenvalue weighted by Gasteiger charge is -2.05. The zero-order chi connectivity index (χ0) is 24.7. The minimum absolute atomic E-state index is 0.0609. The Hall–Kier alpha value is -3.85. The molecule has 3 rings (SSSR count). The highest BCUT2D eigenvalue weighted by Gasteiger charge is 2.33. The molecule has 0 atom stereocenters. The van der Waals surface area contributed by atoms with Crippen LogP contribution in [0.25, 0.3) is 6.08 Å². The predicted molar refractivity (Wildman–Crippen MR) is 129 cm³/mol. The van der Waals surface area contributed by atoms with Crippen LogP contribution in [0.1, 0.15) is 28.4 Å². The van der Waals surface area contributed by atoms with Gasteiger partial charge in [0.05, 0.1) is 18.6 Å². The highest BCUT2D eigenvalue weighted by molar-refractivity contribution is 8.18. The largest absolute Gasteiger partial charge is 0.506 e. The molecule has 0 unspecified atom stereocenters. The van der Waals surface area contributed by atoms with E-state index in [4.69, 9.17) is 9.47 Å². The van der Waals surface area contributed by atoms with Gasteiger partial charge in [0.15, 0.2) is 6.61 Å². The third-order valence-corrected chi connectivity index (χ3v) is 5.65. The van der Waals surface area contributed by atoms with Gasteiger partial charge in [0.1, 0.15) is 22.1 Å². The number of aliphatic imine (C=N–C) groups is 1. The lowest BCUT2D eigenvalue weighted by Crippen LogP contribution is -2.14. The van der Waals surface area contributed by atoms with Crippen molar-refractivity contribution in [1.29, 1.82) is 0 Å². The molecule has 2 aromatic rings. The Morgan fingerprint density at radius 2 is 1.74 bits per heavy atom. The third-order valence-electron chi connectivity index (χ3n) is 4.63. The van der Waals surface area contributed by atoms with Gasteiger partial charge in [-0.15, -0.1) is 0 Å². The van der Waals surface area contributed by atoms with Crippen molar-refractivity contribution >= 4 is 40.7 Å². The Kier molecular flexibility index (Phi) is 8.26. The molecule has 0 saturated heterocycles.